The molecule has 1 atom stereocenters. The van der Waals surface area contributed by atoms with Gasteiger partial charge in [0.1, 0.15) is 11.6 Å². The van der Waals surface area contributed by atoms with Gasteiger partial charge in [-0.15, -0.1) is 0 Å². The number of amides is 1. The first-order chi connectivity index (χ1) is 18.7. The van der Waals surface area contributed by atoms with Crippen LogP contribution in [0.1, 0.15) is 30.4 Å². The normalized spacial score (nSPS) is 16.2. The summed E-state index contributed by atoms with van der Waals surface area (Å²) >= 11 is 5.86. The molecular weight excluding hydrogens is 572 g/mol. The molecule has 40 heavy (non-hydrogen) atoms. The summed E-state index contributed by atoms with van der Waals surface area (Å²) in [5.74, 6) is -3.22. The fourth-order valence-electron chi connectivity index (χ4n) is 4.81. The molecule has 0 bridgehead atoms. The van der Waals surface area contributed by atoms with Crippen LogP contribution in [-0.4, -0.2) is 32.9 Å². The third kappa shape index (κ3) is 7.00. The number of para-hydroxylation sites is 1. The van der Waals surface area contributed by atoms with E-state index in [2.05, 4.69) is 4.72 Å². The maximum absolute atomic E-state index is 15.6. The molecule has 212 valence electrons. The van der Waals surface area contributed by atoms with E-state index in [1.807, 2.05) is 0 Å². The highest BCUT2D eigenvalue weighted by Crippen LogP contribution is 2.43. The summed E-state index contributed by atoms with van der Waals surface area (Å²) in [4.78, 5) is 26.7. The van der Waals surface area contributed by atoms with Crippen LogP contribution < -0.4 is 9.62 Å². The van der Waals surface area contributed by atoms with Gasteiger partial charge in [0.2, 0.25) is 15.9 Å². The second-order valence-corrected chi connectivity index (χ2v) is 11.8. The van der Waals surface area contributed by atoms with Crippen molar-refractivity contribution < 1.29 is 35.6 Å². The molecule has 3 aromatic carbocycles. The van der Waals surface area contributed by atoms with Gasteiger partial charge in [0, 0.05) is 35.9 Å². The van der Waals surface area contributed by atoms with Crippen LogP contribution in [0.5, 0.6) is 0 Å². The second kappa shape index (κ2) is 11.6. The lowest BCUT2D eigenvalue weighted by Crippen LogP contribution is -2.43. The number of nitrogens with one attached hydrogen (secondary N) is 1. The molecule has 0 spiro atoms. The topological polar surface area (TPSA) is 83.6 Å². The summed E-state index contributed by atoms with van der Waals surface area (Å²) in [6.45, 7) is -0.147. The third-order valence-corrected chi connectivity index (χ3v) is 7.35. The Bertz CT molecular complexity index is 1540. The number of anilines is 2. The summed E-state index contributed by atoms with van der Waals surface area (Å²) in [6, 6.07) is 13.8. The molecule has 4 rings (SSSR count). The minimum atomic E-state index is -5.04. The Balaban J connectivity index is 1.66. The molecule has 1 aliphatic heterocycles. The van der Waals surface area contributed by atoms with Gasteiger partial charge in [-0.1, -0.05) is 41.9 Å². The molecular formula is C28H25ClF4N2O4S. The Kier molecular flexibility index (Phi) is 8.55. The Morgan fingerprint density at radius 2 is 1.77 bits per heavy atom. The molecule has 3 aromatic rings. The first-order valence-electron chi connectivity index (χ1n) is 12.3. The lowest BCUT2D eigenvalue weighted by Gasteiger charge is -2.34. The largest absolute Gasteiger partial charge is 0.418 e. The van der Waals surface area contributed by atoms with E-state index in [4.69, 9.17) is 11.6 Å². The van der Waals surface area contributed by atoms with Crippen molar-refractivity contribution in [3.8, 4) is 11.1 Å². The maximum atomic E-state index is 15.6. The van der Waals surface area contributed by atoms with E-state index >= 15 is 4.39 Å². The number of carbonyl (C=O) groups is 2. The number of nitrogens with zero attached hydrogens (tertiary/aromatic N) is 1. The SMILES string of the molecule is CS(=O)(=O)Nc1ccccc1-c1cc(F)c(N2CCC[C@@H](CC(=O)Cc3ccc(Cl)cc3)C2=O)c(C(F)(F)F)c1. The lowest BCUT2D eigenvalue weighted by molar-refractivity contribution is -0.137. The summed E-state index contributed by atoms with van der Waals surface area (Å²) in [5.41, 5.74) is -1.83. The number of Topliss-reactive ketones (excluding diaryl/α,β-unsaturated/α-hetero) is 1. The minimum absolute atomic E-state index is 0.0265. The van der Waals surface area contributed by atoms with Gasteiger partial charge in [-0.3, -0.25) is 14.3 Å². The highest BCUT2D eigenvalue weighted by atomic mass is 35.5. The van der Waals surface area contributed by atoms with Crippen molar-refractivity contribution in [1.82, 2.24) is 0 Å². The number of hydrogen-bond acceptors (Lipinski definition) is 4. The number of rotatable bonds is 8. The van der Waals surface area contributed by atoms with Gasteiger partial charge >= 0.3 is 6.18 Å². The third-order valence-electron chi connectivity index (χ3n) is 6.51. The van der Waals surface area contributed by atoms with Crippen molar-refractivity contribution in [3.63, 3.8) is 0 Å². The smallest absolute Gasteiger partial charge is 0.309 e. The average molecular weight is 597 g/mol. The predicted octanol–water partition coefficient (Wildman–Crippen LogP) is 6.48. The first kappa shape index (κ1) is 29.5. The molecule has 1 N–H and O–H groups in total. The van der Waals surface area contributed by atoms with Gasteiger partial charge in [-0.25, -0.2) is 12.8 Å². The molecule has 1 amide bonds. The average Bonchev–Trinajstić information content (AvgIpc) is 2.85. The molecule has 0 aliphatic carbocycles. The van der Waals surface area contributed by atoms with E-state index in [1.165, 1.54) is 24.3 Å². The molecule has 0 unspecified atom stereocenters. The van der Waals surface area contributed by atoms with Crippen molar-refractivity contribution in [2.24, 2.45) is 5.92 Å². The van der Waals surface area contributed by atoms with Crippen molar-refractivity contribution in [2.75, 3.05) is 22.4 Å². The molecule has 0 saturated carbocycles. The fourth-order valence-corrected chi connectivity index (χ4v) is 5.51. The Labute approximate surface area is 234 Å². The quantitative estimate of drug-likeness (QED) is 0.302. The number of benzene rings is 3. The number of carbonyl (C=O) groups excluding carboxylic acids is 2. The van der Waals surface area contributed by atoms with Crippen LogP contribution in [0.15, 0.2) is 60.7 Å². The zero-order valence-corrected chi connectivity index (χ0v) is 22.8. The van der Waals surface area contributed by atoms with Gasteiger partial charge in [-0.05, 0) is 54.3 Å². The zero-order chi connectivity index (χ0) is 29.2. The minimum Gasteiger partial charge on any atom is -0.309 e. The van der Waals surface area contributed by atoms with Crippen LogP contribution in [0.25, 0.3) is 11.1 Å². The van der Waals surface area contributed by atoms with E-state index in [0.29, 0.717) is 16.7 Å². The van der Waals surface area contributed by atoms with E-state index in [9.17, 15) is 31.2 Å². The Hall–Kier alpha value is -3.44. The molecule has 1 saturated heterocycles. The number of alkyl halides is 3. The summed E-state index contributed by atoms with van der Waals surface area (Å²) in [5, 5.41) is 0.498. The van der Waals surface area contributed by atoms with Gasteiger partial charge in [0.15, 0.2) is 0 Å². The van der Waals surface area contributed by atoms with Crippen molar-refractivity contribution in [1.29, 1.82) is 0 Å². The Morgan fingerprint density at radius 1 is 1.10 bits per heavy atom. The summed E-state index contributed by atoms with van der Waals surface area (Å²) in [6.07, 6.45) is -3.75. The molecule has 1 fully saturated rings. The first-order valence-corrected chi connectivity index (χ1v) is 14.6. The number of ketones is 1. The molecule has 1 aliphatic rings. The van der Waals surface area contributed by atoms with Crippen molar-refractivity contribution in [3.05, 3.63) is 82.6 Å². The van der Waals surface area contributed by atoms with Gasteiger partial charge in [0.25, 0.3) is 0 Å². The van der Waals surface area contributed by atoms with E-state index in [1.54, 1.807) is 24.3 Å². The predicted molar refractivity (Wildman–Crippen MR) is 145 cm³/mol. The van der Waals surface area contributed by atoms with Crippen LogP contribution in [0, 0.1) is 11.7 Å². The van der Waals surface area contributed by atoms with Crippen LogP contribution in [-0.2, 0) is 32.2 Å². The summed E-state index contributed by atoms with van der Waals surface area (Å²) in [7, 11) is -3.78. The number of piperidine rings is 1. The summed E-state index contributed by atoms with van der Waals surface area (Å²) < 4.78 is 84.1. The molecule has 0 aromatic heterocycles. The monoisotopic (exact) mass is 596 g/mol. The number of hydrogen-bond donors (Lipinski definition) is 1. The lowest BCUT2D eigenvalue weighted by atomic mass is 9.89. The molecule has 0 radical (unpaired) electrons. The standard InChI is InChI=1S/C28H25ClF4N2O4S/c1-40(38,39)34-25-7-3-2-6-22(25)19-15-23(28(31,32)33)26(24(30)16-19)35-12-4-5-18(27(35)37)14-21(36)13-17-8-10-20(29)11-9-17/h2-3,6-11,15-16,18,34H,4-5,12-14H2,1H3/t18-/m0/s1. The van der Waals surface area contributed by atoms with Crippen molar-refractivity contribution in [2.45, 2.75) is 31.9 Å². The molecule has 12 heteroatoms. The Morgan fingerprint density at radius 3 is 2.42 bits per heavy atom. The van der Waals surface area contributed by atoms with Gasteiger partial charge < -0.3 is 4.90 Å². The molecule has 6 nitrogen and oxygen atoms in total. The van der Waals surface area contributed by atoms with E-state index in [-0.39, 0.29) is 54.8 Å². The van der Waals surface area contributed by atoms with Crippen LogP contribution >= 0.6 is 11.6 Å². The number of sulfonamides is 1. The zero-order valence-electron chi connectivity index (χ0n) is 21.3. The fraction of sp³-hybridized carbons (Fsp3) is 0.286. The highest BCUT2D eigenvalue weighted by Gasteiger charge is 2.41. The van der Waals surface area contributed by atoms with Crippen molar-refractivity contribution >= 4 is 44.7 Å². The van der Waals surface area contributed by atoms with E-state index < -0.39 is 45.1 Å². The van der Waals surface area contributed by atoms with Gasteiger partial charge in [-0.2, -0.15) is 13.2 Å². The highest BCUT2D eigenvalue weighted by molar-refractivity contribution is 7.92. The molecule has 1 heterocycles. The number of halogens is 5. The maximum Gasteiger partial charge on any atom is 0.418 e. The van der Waals surface area contributed by atoms with Crippen LogP contribution in [0.2, 0.25) is 5.02 Å². The van der Waals surface area contributed by atoms with Crippen LogP contribution in [0.4, 0.5) is 28.9 Å². The van der Waals surface area contributed by atoms with E-state index in [0.717, 1.165) is 17.2 Å². The van der Waals surface area contributed by atoms with Crippen LogP contribution in [0.3, 0.4) is 0 Å². The van der Waals surface area contributed by atoms with Gasteiger partial charge in [0.05, 0.1) is 23.2 Å². The second-order valence-electron chi connectivity index (χ2n) is 9.65.